The van der Waals surface area contributed by atoms with Crippen molar-refractivity contribution in [3.05, 3.63) is 82.9 Å². The van der Waals surface area contributed by atoms with Crippen LogP contribution in [0.3, 0.4) is 0 Å². The van der Waals surface area contributed by atoms with Gasteiger partial charge in [-0.05, 0) is 84.7 Å². The predicted molar refractivity (Wildman–Crippen MR) is 129 cm³/mol. The van der Waals surface area contributed by atoms with Crippen LogP contribution in [0.2, 0.25) is 0 Å². The largest absolute Gasteiger partial charge is 0.292 e. The molecular formula is C29H30N2. The first-order chi connectivity index (χ1) is 14.9. The summed E-state index contributed by atoms with van der Waals surface area (Å²) in [5.41, 5.74) is 11.1. The van der Waals surface area contributed by atoms with E-state index >= 15 is 0 Å². The van der Waals surface area contributed by atoms with Crippen molar-refractivity contribution in [2.24, 2.45) is 0 Å². The van der Waals surface area contributed by atoms with Gasteiger partial charge in [0.05, 0.1) is 16.7 Å². The van der Waals surface area contributed by atoms with E-state index in [9.17, 15) is 0 Å². The molecule has 2 nitrogen and oxygen atoms in total. The fourth-order valence-electron chi connectivity index (χ4n) is 6.18. The first-order valence-corrected chi connectivity index (χ1v) is 11.6. The second kappa shape index (κ2) is 6.32. The van der Waals surface area contributed by atoms with Gasteiger partial charge in [0.15, 0.2) is 0 Å². The lowest BCUT2D eigenvalue weighted by atomic mass is 9.52. The van der Waals surface area contributed by atoms with Gasteiger partial charge in [-0.15, -0.1) is 0 Å². The summed E-state index contributed by atoms with van der Waals surface area (Å²) in [4.78, 5) is 5.25. The van der Waals surface area contributed by atoms with Crippen molar-refractivity contribution in [1.82, 2.24) is 9.55 Å². The number of hydrogen-bond donors (Lipinski definition) is 0. The molecule has 2 heteroatoms. The number of para-hydroxylation sites is 1. The highest BCUT2D eigenvalue weighted by Crippen LogP contribution is 2.57. The lowest BCUT2D eigenvalue weighted by Gasteiger charge is -2.52. The van der Waals surface area contributed by atoms with E-state index in [1.807, 2.05) is 0 Å². The van der Waals surface area contributed by atoms with Gasteiger partial charge in [0.1, 0.15) is 5.82 Å². The number of hydrogen-bond acceptors (Lipinski definition) is 1. The number of aryl methyl sites for hydroxylation is 2. The van der Waals surface area contributed by atoms with Crippen LogP contribution in [0, 0.1) is 13.8 Å². The summed E-state index contributed by atoms with van der Waals surface area (Å²) in [6, 6.07) is 22.1. The Hall–Kier alpha value is -2.87. The summed E-state index contributed by atoms with van der Waals surface area (Å²) in [6.45, 7) is 9.38. The summed E-state index contributed by atoms with van der Waals surface area (Å²) in [5, 5.41) is 0. The molecule has 156 valence electrons. The second-order valence-corrected chi connectivity index (χ2v) is 10.4. The van der Waals surface area contributed by atoms with Gasteiger partial charge in [-0.25, -0.2) is 4.98 Å². The Morgan fingerprint density at radius 2 is 1.32 bits per heavy atom. The molecule has 31 heavy (non-hydrogen) atoms. The van der Waals surface area contributed by atoms with Crippen LogP contribution < -0.4 is 0 Å². The highest BCUT2D eigenvalue weighted by molar-refractivity contribution is 5.86. The SMILES string of the molecule is Cc1cccc(C)c1-n1c(-c2ccccc2)nc2cc3c(cc21)C1(C)CCC3(C)CC1. The Labute approximate surface area is 185 Å². The molecule has 3 aromatic carbocycles. The van der Waals surface area contributed by atoms with Crippen molar-refractivity contribution >= 4 is 11.0 Å². The van der Waals surface area contributed by atoms with Crippen LogP contribution >= 0.6 is 0 Å². The van der Waals surface area contributed by atoms with Crippen molar-refractivity contribution < 1.29 is 0 Å². The average molecular weight is 407 g/mol. The monoisotopic (exact) mass is 406 g/mol. The van der Waals surface area contributed by atoms with Crippen molar-refractivity contribution in [3.8, 4) is 17.1 Å². The van der Waals surface area contributed by atoms with Crippen LogP contribution in [-0.2, 0) is 10.8 Å². The fraction of sp³-hybridized carbons (Fsp3) is 0.345. The Morgan fingerprint density at radius 1 is 0.742 bits per heavy atom. The fourth-order valence-corrected chi connectivity index (χ4v) is 6.18. The third-order valence-electron chi connectivity index (χ3n) is 8.25. The number of rotatable bonds is 2. The van der Waals surface area contributed by atoms with E-state index in [0.29, 0.717) is 10.8 Å². The van der Waals surface area contributed by atoms with E-state index < -0.39 is 0 Å². The van der Waals surface area contributed by atoms with Gasteiger partial charge in [-0.3, -0.25) is 4.57 Å². The topological polar surface area (TPSA) is 17.8 Å². The minimum absolute atomic E-state index is 0.296. The smallest absolute Gasteiger partial charge is 0.145 e. The van der Waals surface area contributed by atoms with Gasteiger partial charge in [-0.1, -0.05) is 62.4 Å². The van der Waals surface area contributed by atoms with E-state index in [1.54, 1.807) is 11.1 Å². The standard InChI is InChI=1S/C29H30N2/c1-19-9-8-10-20(2)26(19)31-25-18-23-22(28(3)13-15-29(23,4)16-14-28)17-24(25)30-27(31)21-11-6-5-7-12-21/h5-12,17-18H,13-16H2,1-4H3. The molecule has 0 spiro atoms. The maximum Gasteiger partial charge on any atom is 0.145 e. The first kappa shape index (κ1) is 18.9. The van der Waals surface area contributed by atoms with Crippen LogP contribution in [0.1, 0.15) is 61.8 Å². The maximum atomic E-state index is 5.25. The van der Waals surface area contributed by atoms with E-state index in [1.165, 1.54) is 53.6 Å². The zero-order valence-electron chi connectivity index (χ0n) is 19.0. The van der Waals surface area contributed by atoms with Gasteiger partial charge >= 0.3 is 0 Å². The van der Waals surface area contributed by atoms with E-state index in [2.05, 4.69) is 92.9 Å². The maximum absolute atomic E-state index is 5.25. The highest BCUT2D eigenvalue weighted by atomic mass is 15.1. The lowest BCUT2D eigenvalue weighted by molar-refractivity contribution is 0.188. The van der Waals surface area contributed by atoms with E-state index in [0.717, 1.165) is 11.3 Å². The number of aromatic nitrogens is 2. The first-order valence-electron chi connectivity index (χ1n) is 11.6. The van der Waals surface area contributed by atoms with Crippen LogP contribution in [0.15, 0.2) is 60.7 Å². The molecule has 0 atom stereocenters. The van der Waals surface area contributed by atoms with Crippen molar-refractivity contribution in [2.45, 2.75) is 64.2 Å². The summed E-state index contributed by atoms with van der Waals surface area (Å²) < 4.78 is 2.42. The van der Waals surface area contributed by atoms with Gasteiger partial charge in [0, 0.05) is 5.56 Å². The average Bonchev–Trinajstić information content (AvgIpc) is 3.14. The number of imidazole rings is 1. The van der Waals surface area contributed by atoms with Gasteiger partial charge in [0.25, 0.3) is 0 Å². The van der Waals surface area contributed by atoms with Crippen LogP contribution in [0.25, 0.3) is 28.1 Å². The van der Waals surface area contributed by atoms with Gasteiger partial charge in [-0.2, -0.15) is 0 Å². The van der Waals surface area contributed by atoms with Crippen LogP contribution in [0.5, 0.6) is 0 Å². The Bertz CT molecular complexity index is 1300. The molecule has 0 N–H and O–H groups in total. The molecule has 0 radical (unpaired) electrons. The molecule has 2 bridgehead atoms. The molecule has 3 aliphatic rings. The number of nitrogens with zero attached hydrogens (tertiary/aromatic N) is 2. The summed E-state index contributed by atoms with van der Waals surface area (Å²) in [5.74, 6) is 1.04. The molecule has 0 saturated heterocycles. The van der Waals surface area contributed by atoms with Gasteiger partial charge < -0.3 is 0 Å². The summed E-state index contributed by atoms with van der Waals surface area (Å²) in [7, 11) is 0. The Kier molecular flexibility index (Phi) is 3.85. The molecule has 0 aliphatic heterocycles. The molecule has 3 aliphatic carbocycles. The van der Waals surface area contributed by atoms with Crippen molar-refractivity contribution in [1.29, 1.82) is 0 Å². The van der Waals surface area contributed by atoms with E-state index in [-0.39, 0.29) is 0 Å². The normalized spacial score (nSPS) is 24.5. The molecule has 4 aromatic rings. The summed E-state index contributed by atoms with van der Waals surface area (Å²) in [6.07, 6.45) is 5.19. The van der Waals surface area contributed by atoms with Crippen LogP contribution in [-0.4, -0.2) is 9.55 Å². The Morgan fingerprint density at radius 3 is 1.94 bits per heavy atom. The quantitative estimate of drug-likeness (QED) is 0.339. The minimum atomic E-state index is 0.296. The molecular weight excluding hydrogens is 376 g/mol. The summed E-state index contributed by atoms with van der Waals surface area (Å²) >= 11 is 0. The zero-order valence-corrected chi connectivity index (χ0v) is 19.0. The lowest BCUT2D eigenvalue weighted by Crippen LogP contribution is -2.44. The van der Waals surface area contributed by atoms with E-state index in [4.69, 9.17) is 4.98 Å². The Balaban J connectivity index is 1.73. The third-order valence-corrected chi connectivity index (χ3v) is 8.25. The number of benzene rings is 3. The minimum Gasteiger partial charge on any atom is -0.292 e. The zero-order chi connectivity index (χ0) is 21.4. The molecule has 1 aromatic heterocycles. The molecule has 1 saturated carbocycles. The predicted octanol–water partition coefficient (Wildman–Crippen LogP) is 7.41. The second-order valence-electron chi connectivity index (χ2n) is 10.4. The van der Waals surface area contributed by atoms with Crippen LogP contribution in [0.4, 0.5) is 0 Å². The molecule has 0 amide bonds. The van der Waals surface area contributed by atoms with Crippen molar-refractivity contribution in [2.75, 3.05) is 0 Å². The molecule has 1 heterocycles. The van der Waals surface area contributed by atoms with Crippen molar-refractivity contribution in [3.63, 3.8) is 0 Å². The number of fused-ring (bicyclic) bond motifs is 3. The third kappa shape index (κ3) is 2.60. The molecule has 1 fully saturated rings. The highest BCUT2D eigenvalue weighted by Gasteiger charge is 2.48. The molecule has 7 rings (SSSR count). The van der Waals surface area contributed by atoms with Gasteiger partial charge in [0.2, 0.25) is 0 Å². The molecule has 0 unspecified atom stereocenters.